The zero-order valence-electron chi connectivity index (χ0n) is 22.9. The molecule has 0 fully saturated rings. The van der Waals surface area contributed by atoms with Gasteiger partial charge in [0, 0.05) is 32.8 Å². The van der Waals surface area contributed by atoms with Crippen molar-refractivity contribution in [2.75, 3.05) is 0 Å². The van der Waals surface area contributed by atoms with Gasteiger partial charge in [0.1, 0.15) is 11.5 Å². The van der Waals surface area contributed by atoms with Crippen LogP contribution in [0.4, 0.5) is 0 Å². The second-order valence-corrected chi connectivity index (χ2v) is 11.0. The van der Waals surface area contributed by atoms with Gasteiger partial charge in [-0.1, -0.05) is 78.9 Å². The first kappa shape index (κ1) is 22.7. The summed E-state index contributed by atoms with van der Waals surface area (Å²) in [5, 5.41) is 5.76. The molecule has 5 heteroatoms. The van der Waals surface area contributed by atoms with Crippen molar-refractivity contribution in [2.24, 2.45) is 0 Å². The summed E-state index contributed by atoms with van der Waals surface area (Å²) in [6.45, 7) is 0. The molecule has 200 valence electrons. The molecule has 0 aliphatic carbocycles. The molecule has 0 radical (unpaired) electrons. The van der Waals surface area contributed by atoms with E-state index in [-0.39, 0.29) is 0 Å². The lowest BCUT2D eigenvalue weighted by Gasteiger charge is -2.21. The van der Waals surface area contributed by atoms with Gasteiger partial charge < -0.3 is 9.30 Å². The van der Waals surface area contributed by atoms with Crippen LogP contribution in [0, 0.1) is 0 Å². The van der Waals surface area contributed by atoms with Crippen LogP contribution in [0.25, 0.3) is 77.4 Å². The fourth-order valence-corrected chi connectivity index (χ4v) is 6.90. The van der Waals surface area contributed by atoms with Gasteiger partial charge in [-0.05, 0) is 54.6 Å². The van der Waals surface area contributed by atoms with Gasteiger partial charge in [-0.3, -0.25) is 4.57 Å². The van der Waals surface area contributed by atoms with Crippen molar-refractivity contribution in [3.63, 3.8) is 0 Å². The Labute approximate surface area is 245 Å². The zero-order valence-corrected chi connectivity index (χ0v) is 22.9. The van der Waals surface area contributed by atoms with Crippen LogP contribution in [0.15, 0.2) is 133 Å². The second kappa shape index (κ2) is 8.30. The molecule has 1 aliphatic rings. The van der Waals surface area contributed by atoms with Gasteiger partial charge in [0.25, 0.3) is 0 Å². The fraction of sp³-hybridized carbons (Fsp3) is 0. The topological polar surface area (TPSA) is 44.9 Å². The Morgan fingerprint density at radius 1 is 0.465 bits per heavy atom. The summed E-state index contributed by atoms with van der Waals surface area (Å²) in [6.07, 6.45) is 0. The van der Waals surface area contributed by atoms with Crippen LogP contribution in [0.5, 0.6) is 11.5 Å². The van der Waals surface area contributed by atoms with Crippen molar-refractivity contribution in [3.05, 3.63) is 133 Å². The Morgan fingerprint density at radius 2 is 1.07 bits per heavy atom. The molecule has 6 aromatic carbocycles. The van der Waals surface area contributed by atoms with E-state index in [0.717, 1.165) is 55.8 Å². The quantitative estimate of drug-likeness (QED) is 0.215. The van der Waals surface area contributed by atoms with E-state index in [0.29, 0.717) is 5.95 Å². The lowest BCUT2D eigenvalue weighted by Crippen LogP contribution is -2.06. The molecular formula is C38H22N4O. The third-order valence-corrected chi connectivity index (χ3v) is 8.73. The summed E-state index contributed by atoms with van der Waals surface area (Å²) >= 11 is 0. The normalized spacial score (nSPS) is 12.4. The molecule has 0 bridgehead atoms. The number of rotatable bonds is 2. The molecule has 0 N–H and O–H groups in total. The molecule has 1 aliphatic heterocycles. The number of aromatic nitrogens is 4. The average molecular weight is 551 g/mol. The van der Waals surface area contributed by atoms with E-state index >= 15 is 0 Å². The van der Waals surface area contributed by atoms with Gasteiger partial charge in [0.05, 0.1) is 38.7 Å². The van der Waals surface area contributed by atoms with Crippen molar-refractivity contribution in [2.45, 2.75) is 0 Å². The van der Waals surface area contributed by atoms with Crippen LogP contribution in [0.2, 0.25) is 0 Å². The number of hydrogen-bond donors (Lipinski definition) is 0. The molecule has 0 saturated heterocycles. The summed E-state index contributed by atoms with van der Waals surface area (Å²) in [7, 11) is 0. The maximum atomic E-state index is 6.26. The molecule has 43 heavy (non-hydrogen) atoms. The van der Waals surface area contributed by atoms with Crippen molar-refractivity contribution < 1.29 is 4.74 Å². The second-order valence-electron chi connectivity index (χ2n) is 11.0. The Morgan fingerprint density at radius 3 is 1.81 bits per heavy atom. The van der Waals surface area contributed by atoms with Crippen LogP contribution in [0.1, 0.15) is 0 Å². The summed E-state index contributed by atoms with van der Waals surface area (Å²) in [4.78, 5) is 10.4. The van der Waals surface area contributed by atoms with Crippen molar-refractivity contribution in [1.82, 2.24) is 19.1 Å². The van der Waals surface area contributed by atoms with Gasteiger partial charge in [-0.15, -0.1) is 0 Å². The molecule has 0 unspecified atom stereocenters. The number of nitrogens with zero attached hydrogens (tertiary/aromatic N) is 4. The highest BCUT2D eigenvalue weighted by molar-refractivity contribution is 6.12. The zero-order chi connectivity index (χ0) is 28.1. The molecule has 3 aromatic heterocycles. The van der Waals surface area contributed by atoms with E-state index in [1.807, 2.05) is 36.4 Å². The maximum absolute atomic E-state index is 6.26. The Kier molecular flexibility index (Phi) is 4.39. The van der Waals surface area contributed by atoms with Crippen molar-refractivity contribution in [1.29, 1.82) is 0 Å². The van der Waals surface area contributed by atoms with Gasteiger partial charge in [0.15, 0.2) is 0 Å². The Bertz CT molecular complexity index is 2560. The molecule has 5 nitrogen and oxygen atoms in total. The van der Waals surface area contributed by atoms with Crippen LogP contribution in [-0.4, -0.2) is 19.1 Å². The SMILES string of the molecule is c1ccc2c(c1)Oc1cccc3nc(-n4c5ccccc5c5ccc(-n6c7ccccc7c7ccccc76)cc54)nc-2c13. The molecule has 10 rings (SSSR count). The minimum absolute atomic E-state index is 0.641. The summed E-state index contributed by atoms with van der Waals surface area (Å²) in [5.41, 5.74) is 8.31. The molecule has 0 saturated carbocycles. The third kappa shape index (κ3) is 3.05. The maximum Gasteiger partial charge on any atom is 0.235 e. The summed E-state index contributed by atoms with van der Waals surface area (Å²) in [6, 6.07) is 46.6. The Hall–Kier alpha value is -5.94. The number of benzene rings is 6. The summed E-state index contributed by atoms with van der Waals surface area (Å²) in [5.74, 6) is 2.23. The first-order valence-electron chi connectivity index (χ1n) is 14.4. The largest absolute Gasteiger partial charge is 0.456 e. The molecule has 0 amide bonds. The van der Waals surface area contributed by atoms with Crippen LogP contribution in [-0.2, 0) is 0 Å². The van der Waals surface area contributed by atoms with Crippen molar-refractivity contribution in [3.8, 4) is 34.4 Å². The van der Waals surface area contributed by atoms with Crippen molar-refractivity contribution >= 4 is 54.5 Å². The summed E-state index contributed by atoms with van der Waals surface area (Å²) < 4.78 is 10.8. The van der Waals surface area contributed by atoms with E-state index < -0.39 is 0 Å². The minimum Gasteiger partial charge on any atom is -0.456 e. The molecule has 0 atom stereocenters. The Balaban J connectivity index is 1.31. The highest BCUT2D eigenvalue weighted by Crippen LogP contribution is 2.45. The lowest BCUT2D eigenvalue weighted by atomic mass is 10.0. The third-order valence-electron chi connectivity index (χ3n) is 8.73. The van der Waals surface area contributed by atoms with E-state index in [9.17, 15) is 0 Å². The van der Waals surface area contributed by atoms with E-state index in [1.165, 1.54) is 27.2 Å². The van der Waals surface area contributed by atoms with Gasteiger partial charge in [-0.2, -0.15) is 0 Å². The van der Waals surface area contributed by atoms with Crippen LogP contribution < -0.4 is 4.74 Å². The lowest BCUT2D eigenvalue weighted by molar-refractivity contribution is 0.486. The highest BCUT2D eigenvalue weighted by Gasteiger charge is 2.24. The molecule has 9 aromatic rings. The smallest absolute Gasteiger partial charge is 0.235 e. The predicted octanol–water partition coefficient (Wildman–Crippen LogP) is 9.60. The number of ether oxygens (including phenoxy) is 1. The predicted molar refractivity (Wildman–Crippen MR) is 174 cm³/mol. The number of para-hydroxylation sites is 4. The van der Waals surface area contributed by atoms with Gasteiger partial charge in [-0.25, -0.2) is 9.97 Å². The first-order valence-corrected chi connectivity index (χ1v) is 14.4. The monoisotopic (exact) mass is 550 g/mol. The van der Waals surface area contributed by atoms with Crippen LogP contribution in [0.3, 0.4) is 0 Å². The molecular weight excluding hydrogens is 528 g/mol. The van der Waals surface area contributed by atoms with Crippen LogP contribution >= 0.6 is 0 Å². The highest BCUT2D eigenvalue weighted by atomic mass is 16.5. The van der Waals surface area contributed by atoms with E-state index in [1.54, 1.807) is 0 Å². The fourth-order valence-electron chi connectivity index (χ4n) is 6.90. The van der Waals surface area contributed by atoms with Gasteiger partial charge in [0.2, 0.25) is 5.95 Å². The molecule has 4 heterocycles. The number of fused-ring (bicyclic) bond motifs is 8. The molecule has 0 spiro atoms. The average Bonchev–Trinajstić information content (AvgIpc) is 3.57. The minimum atomic E-state index is 0.641. The van der Waals surface area contributed by atoms with E-state index in [2.05, 4.69) is 106 Å². The standard InChI is InChI=1S/C38H22N4O/c1-5-15-30-24(10-1)25-11-2-6-16-31(25)41(30)23-20-21-27-26-12-3-7-17-32(26)42(33(27)22-23)38-39-29-14-9-19-35-36(29)37(40-38)28-13-4-8-18-34(28)43-35/h1-22H. The van der Waals surface area contributed by atoms with E-state index in [4.69, 9.17) is 14.7 Å². The van der Waals surface area contributed by atoms with Gasteiger partial charge >= 0.3 is 0 Å². The number of hydrogen-bond acceptors (Lipinski definition) is 3. The first-order chi connectivity index (χ1) is 21.3.